The summed E-state index contributed by atoms with van der Waals surface area (Å²) in [5.74, 6) is -0.0585. The van der Waals surface area contributed by atoms with E-state index >= 15 is 0 Å². The maximum absolute atomic E-state index is 12.5. The zero-order valence-electron chi connectivity index (χ0n) is 12.5. The van der Waals surface area contributed by atoms with Gasteiger partial charge in [-0.25, -0.2) is 0 Å². The van der Waals surface area contributed by atoms with Crippen LogP contribution in [0.3, 0.4) is 0 Å². The Balaban J connectivity index is 2.21. The number of anilines is 1. The molecule has 0 aliphatic carbocycles. The quantitative estimate of drug-likeness (QED) is 0.732. The predicted octanol–water partition coefficient (Wildman–Crippen LogP) is 4.18. The van der Waals surface area contributed by atoms with Gasteiger partial charge in [-0.3, -0.25) is 4.79 Å². The van der Waals surface area contributed by atoms with E-state index in [9.17, 15) is 4.79 Å². The van der Waals surface area contributed by atoms with E-state index in [2.05, 4.69) is 10.2 Å². The fourth-order valence-corrected chi connectivity index (χ4v) is 2.13. The molecule has 2 N–H and O–H groups in total. The third kappa shape index (κ3) is 2.91. The largest absolute Gasteiger partial charge is 0.437 e. The molecule has 0 unspecified atom stereocenters. The first-order valence-electron chi connectivity index (χ1n) is 7.09. The summed E-state index contributed by atoms with van der Waals surface area (Å²) >= 11 is 0. The van der Waals surface area contributed by atoms with E-state index in [1.54, 1.807) is 54.6 Å². The lowest BCUT2D eigenvalue weighted by Gasteiger charge is -2.06. The molecule has 0 atom stereocenters. The molecule has 0 saturated carbocycles. The van der Waals surface area contributed by atoms with Crippen molar-refractivity contribution in [2.24, 2.45) is 10.2 Å². The van der Waals surface area contributed by atoms with Gasteiger partial charge in [-0.05, 0) is 12.1 Å². The summed E-state index contributed by atoms with van der Waals surface area (Å²) in [6.07, 6.45) is 0. The van der Waals surface area contributed by atoms with Crippen molar-refractivity contribution in [3.63, 3.8) is 0 Å². The number of rotatable bonds is 3. The third-order valence-electron chi connectivity index (χ3n) is 3.29. The first-order chi connectivity index (χ1) is 11.7. The number of nitrogen functional groups attached to an aromatic ring is 1. The van der Waals surface area contributed by atoms with Gasteiger partial charge in [-0.1, -0.05) is 48.5 Å². The molecule has 1 heterocycles. The fraction of sp³-hybridized carbons (Fsp3) is 0. The van der Waals surface area contributed by atoms with Crippen LogP contribution >= 0.6 is 0 Å². The van der Waals surface area contributed by atoms with E-state index in [0.29, 0.717) is 11.3 Å². The lowest BCUT2D eigenvalue weighted by atomic mass is 10.1. The van der Waals surface area contributed by atoms with Crippen molar-refractivity contribution in [3.05, 3.63) is 76.5 Å². The summed E-state index contributed by atoms with van der Waals surface area (Å²) in [7, 11) is 0. The first-order valence-corrected chi connectivity index (χ1v) is 7.09. The number of hydrogen-bond acceptors (Lipinski definition) is 6. The molecule has 0 fully saturated rings. The second-order valence-electron chi connectivity index (χ2n) is 4.86. The fourth-order valence-electron chi connectivity index (χ4n) is 2.13. The number of nitriles is 1. The highest BCUT2D eigenvalue weighted by Gasteiger charge is 2.19. The Kier molecular flexibility index (Phi) is 4.17. The van der Waals surface area contributed by atoms with Crippen LogP contribution in [-0.2, 0) is 0 Å². The van der Waals surface area contributed by atoms with Crippen LogP contribution in [0.4, 0.5) is 17.3 Å². The van der Waals surface area contributed by atoms with Gasteiger partial charge in [0.15, 0.2) is 17.0 Å². The Morgan fingerprint density at radius 2 is 1.58 bits per heavy atom. The van der Waals surface area contributed by atoms with Crippen LogP contribution in [0.2, 0.25) is 0 Å². The van der Waals surface area contributed by atoms with Crippen molar-refractivity contribution in [1.29, 1.82) is 5.26 Å². The van der Waals surface area contributed by atoms with Gasteiger partial charge in [0.2, 0.25) is 11.3 Å². The number of nitrogens with zero attached hydrogens (tertiary/aromatic N) is 3. The van der Waals surface area contributed by atoms with Crippen LogP contribution in [0, 0.1) is 11.3 Å². The van der Waals surface area contributed by atoms with Crippen molar-refractivity contribution < 1.29 is 4.42 Å². The lowest BCUT2D eigenvalue weighted by molar-refractivity contribution is 0.584. The van der Waals surface area contributed by atoms with Crippen LogP contribution < -0.4 is 11.2 Å². The van der Waals surface area contributed by atoms with E-state index in [1.165, 1.54) is 0 Å². The molecule has 0 saturated heterocycles. The molecule has 0 aliphatic heterocycles. The Hall–Kier alpha value is -3.72. The monoisotopic (exact) mass is 316 g/mol. The molecule has 1 aromatic heterocycles. The second-order valence-corrected chi connectivity index (χ2v) is 4.86. The van der Waals surface area contributed by atoms with Crippen LogP contribution in [0.25, 0.3) is 11.3 Å². The molecule has 0 amide bonds. The number of benzene rings is 2. The Labute approximate surface area is 137 Å². The minimum Gasteiger partial charge on any atom is -0.437 e. The molecule has 3 rings (SSSR count). The summed E-state index contributed by atoms with van der Waals surface area (Å²) in [5, 5.41) is 17.2. The summed E-state index contributed by atoms with van der Waals surface area (Å²) in [5.41, 5.74) is 5.93. The molecule has 0 bridgehead atoms. The SMILES string of the molecule is N#Cc1c(N)oc(-c2ccccc2)c(N=Nc2ccccc2)c1=O. The first kappa shape index (κ1) is 15.2. The highest BCUT2D eigenvalue weighted by atomic mass is 16.4. The molecule has 3 aromatic rings. The molecule has 116 valence electrons. The molecular weight excluding hydrogens is 304 g/mol. The third-order valence-corrected chi connectivity index (χ3v) is 3.29. The van der Waals surface area contributed by atoms with E-state index in [0.717, 1.165) is 0 Å². The average molecular weight is 316 g/mol. The lowest BCUT2D eigenvalue weighted by Crippen LogP contribution is -2.10. The smallest absolute Gasteiger partial charge is 0.233 e. The summed E-state index contributed by atoms with van der Waals surface area (Å²) in [4.78, 5) is 12.5. The summed E-state index contributed by atoms with van der Waals surface area (Å²) in [6, 6.07) is 19.6. The van der Waals surface area contributed by atoms with Crippen LogP contribution in [0.5, 0.6) is 0 Å². The van der Waals surface area contributed by atoms with Gasteiger partial charge >= 0.3 is 0 Å². The van der Waals surface area contributed by atoms with E-state index in [-0.39, 0.29) is 22.9 Å². The topological polar surface area (TPSA) is 105 Å². The van der Waals surface area contributed by atoms with Crippen LogP contribution in [-0.4, -0.2) is 0 Å². The summed E-state index contributed by atoms with van der Waals surface area (Å²) < 4.78 is 5.49. The van der Waals surface area contributed by atoms with E-state index in [4.69, 9.17) is 15.4 Å². The van der Waals surface area contributed by atoms with Gasteiger partial charge in [-0.2, -0.15) is 10.4 Å². The summed E-state index contributed by atoms with van der Waals surface area (Å²) in [6.45, 7) is 0. The van der Waals surface area contributed by atoms with Crippen LogP contribution in [0.15, 0.2) is 80.1 Å². The Bertz CT molecular complexity index is 987. The number of nitrogens with two attached hydrogens (primary N) is 1. The number of azo groups is 1. The van der Waals surface area contributed by atoms with Gasteiger partial charge in [0, 0.05) is 5.56 Å². The van der Waals surface area contributed by atoms with Gasteiger partial charge < -0.3 is 10.2 Å². The van der Waals surface area contributed by atoms with Crippen molar-refractivity contribution in [3.8, 4) is 17.4 Å². The molecule has 0 spiro atoms. The molecule has 6 nitrogen and oxygen atoms in total. The minimum atomic E-state index is -0.611. The maximum Gasteiger partial charge on any atom is 0.233 e. The normalized spacial score (nSPS) is 10.6. The van der Waals surface area contributed by atoms with E-state index in [1.807, 2.05) is 12.1 Å². The standard InChI is InChI=1S/C18H12N4O2/c19-11-14-16(23)15(22-21-13-9-5-2-6-10-13)17(24-18(14)20)12-7-3-1-4-8-12/h1-10H,20H2. The van der Waals surface area contributed by atoms with Gasteiger partial charge in [0.1, 0.15) is 6.07 Å². The minimum absolute atomic E-state index is 0.0594. The maximum atomic E-state index is 12.5. The van der Waals surface area contributed by atoms with Crippen molar-refractivity contribution in [2.75, 3.05) is 5.73 Å². The zero-order valence-corrected chi connectivity index (χ0v) is 12.5. The molecule has 0 aliphatic rings. The Morgan fingerprint density at radius 1 is 0.958 bits per heavy atom. The van der Waals surface area contributed by atoms with Crippen molar-refractivity contribution in [2.45, 2.75) is 0 Å². The zero-order chi connectivity index (χ0) is 16.9. The van der Waals surface area contributed by atoms with E-state index < -0.39 is 5.43 Å². The molecular formula is C18H12N4O2. The van der Waals surface area contributed by atoms with Crippen LogP contribution in [0.1, 0.15) is 5.56 Å². The number of hydrogen-bond donors (Lipinski definition) is 1. The van der Waals surface area contributed by atoms with Crippen molar-refractivity contribution >= 4 is 17.3 Å². The molecule has 6 heteroatoms. The molecule has 0 radical (unpaired) electrons. The molecule has 2 aromatic carbocycles. The molecule has 24 heavy (non-hydrogen) atoms. The van der Waals surface area contributed by atoms with Gasteiger partial charge in [-0.15, -0.1) is 5.11 Å². The highest BCUT2D eigenvalue weighted by Crippen LogP contribution is 2.31. The predicted molar refractivity (Wildman–Crippen MR) is 90.2 cm³/mol. The van der Waals surface area contributed by atoms with Crippen molar-refractivity contribution in [1.82, 2.24) is 0 Å². The van der Waals surface area contributed by atoms with Gasteiger partial charge in [0.25, 0.3) is 0 Å². The second kappa shape index (κ2) is 6.58. The Morgan fingerprint density at radius 3 is 2.21 bits per heavy atom. The highest BCUT2D eigenvalue weighted by molar-refractivity contribution is 5.73. The van der Waals surface area contributed by atoms with Gasteiger partial charge in [0.05, 0.1) is 5.69 Å². The average Bonchev–Trinajstić information content (AvgIpc) is 2.62.